The average molecular weight is 536 g/mol. The molecule has 37 heavy (non-hydrogen) atoms. The van der Waals surface area contributed by atoms with Crippen molar-refractivity contribution in [2.75, 3.05) is 13.2 Å². The highest BCUT2D eigenvalue weighted by Gasteiger charge is 2.34. The summed E-state index contributed by atoms with van der Waals surface area (Å²) in [6.07, 6.45) is 3.80. The van der Waals surface area contributed by atoms with Crippen LogP contribution in [0.15, 0.2) is 42.6 Å². The van der Waals surface area contributed by atoms with Crippen LogP contribution in [0.3, 0.4) is 0 Å². The van der Waals surface area contributed by atoms with Gasteiger partial charge in [0.25, 0.3) is 0 Å². The second-order valence-corrected chi connectivity index (χ2v) is 11.8. The van der Waals surface area contributed by atoms with Gasteiger partial charge in [0.05, 0.1) is 48.7 Å². The number of aliphatic hydroxyl groups is 1. The standard InChI is InChI=1S/C28H30ClN5O2S/c1-16-23(33(4)32-31-16)19-14-20-22(30-15-19)26-25(21(29)27(37-26)28(2,3)35)34(20)24(17-8-6-5-7-9-17)18-10-12-36-13-11-18/h5-9,14-15,18,24,35H,10-13H2,1-4H3/t24-/m1/s1. The van der Waals surface area contributed by atoms with E-state index in [0.29, 0.717) is 10.9 Å². The number of hydrogen-bond donors (Lipinski definition) is 1. The Labute approximate surface area is 224 Å². The molecular weight excluding hydrogens is 506 g/mol. The molecule has 1 aliphatic rings. The minimum Gasteiger partial charge on any atom is -0.385 e. The highest BCUT2D eigenvalue weighted by molar-refractivity contribution is 7.21. The predicted molar refractivity (Wildman–Crippen MR) is 148 cm³/mol. The molecule has 6 rings (SSSR count). The number of pyridine rings is 1. The Morgan fingerprint density at radius 2 is 1.92 bits per heavy atom. The Kier molecular flexibility index (Phi) is 6.11. The van der Waals surface area contributed by atoms with Crippen molar-refractivity contribution in [3.8, 4) is 11.3 Å². The lowest BCUT2D eigenvalue weighted by molar-refractivity contribution is 0.0553. The lowest BCUT2D eigenvalue weighted by Gasteiger charge is -2.33. The Hall–Kier alpha value is -2.78. The van der Waals surface area contributed by atoms with Crippen molar-refractivity contribution < 1.29 is 9.84 Å². The van der Waals surface area contributed by atoms with Gasteiger partial charge in [-0.1, -0.05) is 47.1 Å². The second-order valence-electron chi connectivity index (χ2n) is 10.4. The van der Waals surface area contributed by atoms with Crippen LogP contribution >= 0.6 is 22.9 Å². The van der Waals surface area contributed by atoms with E-state index in [9.17, 15) is 5.11 Å². The average Bonchev–Trinajstić information content (AvgIpc) is 3.51. The highest BCUT2D eigenvalue weighted by Crippen LogP contribution is 2.49. The molecule has 0 spiro atoms. The van der Waals surface area contributed by atoms with Gasteiger partial charge in [0.1, 0.15) is 5.52 Å². The lowest BCUT2D eigenvalue weighted by atomic mass is 9.86. The molecule has 1 saturated heterocycles. The van der Waals surface area contributed by atoms with Crippen molar-refractivity contribution in [1.29, 1.82) is 0 Å². The molecule has 1 fully saturated rings. The Morgan fingerprint density at radius 3 is 2.57 bits per heavy atom. The molecule has 9 heteroatoms. The van der Waals surface area contributed by atoms with E-state index in [0.717, 1.165) is 69.1 Å². The predicted octanol–water partition coefficient (Wildman–Crippen LogP) is 6.25. The monoisotopic (exact) mass is 535 g/mol. The summed E-state index contributed by atoms with van der Waals surface area (Å²) in [4.78, 5) is 5.74. The summed E-state index contributed by atoms with van der Waals surface area (Å²) in [5, 5.41) is 20.0. The highest BCUT2D eigenvalue weighted by atomic mass is 35.5. The maximum Gasteiger partial charge on any atom is 0.106 e. The summed E-state index contributed by atoms with van der Waals surface area (Å²) in [6, 6.07) is 12.9. The van der Waals surface area contributed by atoms with Gasteiger partial charge in [0.15, 0.2) is 0 Å². The minimum absolute atomic E-state index is 0.0367. The molecule has 1 aliphatic heterocycles. The van der Waals surface area contributed by atoms with Gasteiger partial charge in [0.2, 0.25) is 0 Å². The first kappa shape index (κ1) is 24.6. The van der Waals surface area contributed by atoms with Crippen LogP contribution in [-0.4, -0.2) is 42.9 Å². The molecule has 5 aromatic rings. The van der Waals surface area contributed by atoms with E-state index in [1.165, 1.54) is 16.9 Å². The largest absolute Gasteiger partial charge is 0.385 e. The van der Waals surface area contributed by atoms with Crippen LogP contribution in [0.5, 0.6) is 0 Å². The number of nitrogens with zero attached hydrogens (tertiary/aromatic N) is 5. The fourth-order valence-corrected chi connectivity index (χ4v) is 7.47. The van der Waals surface area contributed by atoms with E-state index >= 15 is 0 Å². The van der Waals surface area contributed by atoms with Gasteiger partial charge in [-0.3, -0.25) is 4.98 Å². The molecule has 1 atom stereocenters. The zero-order valence-electron chi connectivity index (χ0n) is 21.4. The van der Waals surface area contributed by atoms with Gasteiger partial charge in [0, 0.05) is 32.0 Å². The molecule has 1 N–H and O–H groups in total. The van der Waals surface area contributed by atoms with Crippen LogP contribution in [0.4, 0.5) is 0 Å². The number of aromatic nitrogens is 5. The van der Waals surface area contributed by atoms with Crippen LogP contribution in [0.2, 0.25) is 5.02 Å². The van der Waals surface area contributed by atoms with Crippen molar-refractivity contribution >= 4 is 44.2 Å². The summed E-state index contributed by atoms with van der Waals surface area (Å²) in [6.45, 7) is 7.02. The van der Waals surface area contributed by atoms with Crippen molar-refractivity contribution in [2.45, 2.75) is 45.3 Å². The van der Waals surface area contributed by atoms with Gasteiger partial charge in [-0.2, -0.15) is 0 Å². The third-order valence-electron chi connectivity index (χ3n) is 7.37. The molecule has 7 nitrogen and oxygen atoms in total. The molecule has 0 aliphatic carbocycles. The number of thiophene rings is 1. The summed E-state index contributed by atoms with van der Waals surface area (Å²) in [5.41, 5.74) is 5.77. The van der Waals surface area contributed by atoms with Crippen LogP contribution in [-0.2, 0) is 17.4 Å². The van der Waals surface area contributed by atoms with Gasteiger partial charge >= 0.3 is 0 Å². The van der Waals surface area contributed by atoms with E-state index in [1.54, 1.807) is 18.5 Å². The molecule has 192 valence electrons. The Balaban J connectivity index is 1.70. The summed E-state index contributed by atoms with van der Waals surface area (Å²) in [5.74, 6) is 0.361. The van der Waals surface area contributed by atoms with E-state index in [4.69, 9.17) is 21.3 Å². The molecule has 0 saturated carbocycles. The Bertz CT molecular complexity index is 1570. The van der Waals surface area contributed by atoms with Crippen LogP contribution in [0.25, 0.3) is 32.5 Å². The second kappa shape index (κ2) is 9.20. The van der Waals surface area contributed by atoms with Crippen LogP contribution in [0, 0.1) is 12.8 Å². The summed E-state index contributed by atoms with van der Waals surface area (Å²) >= 11 is 8.66. The summed E-state index contributed by atoms with van der Waals surface area (Å²) in [7, 11) is 1.90. The number of aryl methyl sites for hydroxylation is 2. The number of rotatable bonds is 5. The minimum atomic E-state index is -1.06. The molecule has 0 unspecified atom stereocenters. The third kappa shape index (κ3) is 4.07. The molecule has 5 heterocycles. The van der Waals surface area contributed by atoms with E-state index < -0.39 is 5.60 Å². The number of ether oxygens (including phenoxy) is 1. The first-order valence-electron chi connectivity index (χ1n) is 12.6. The molecule has 4 aromatic heterocycles. The topological polar surface area (TPSA) is 78.0 Å². The molecule has 1 aromatic carbocycles. The SMILES string of the molecule is Cc1nnn(C)c1-c1cnc2c3sc(C(C)(C)O)c(Cl)c3n([C@H](c3ccccc3)C3CCOCC3)c2c1. The van der Waals surface area contributed by atoms with Crippen LogP contribution in [0.1, 0.15) is 48.9 Å². The fraction of sp³-hybridized carbons (Fsp3) is 0.393. The number of halogens is 1. The number of fused-ring (bicyclic) bond motifs is 3. The Morgan fingerprint density at radius 1 is 1.19 bits per heavy atom. The lowest BCUT2D eigenvalue weighted by Crippen LogP contribution is -2.27. The number of hydrogen-bond acceptors (Lipinski definition) is 6. The van der Waals surface area contributed by atoms with Crippen molar-refractivity contribution in [2.24, 2.45) is 13.0 Å². The number of benzene rings is 1. The van der Waals surface area contributed by atoms with Gasteiger partial charge < -0.3 is 14.4 Å². The van der Waals surface area contributed by atoms with Crippen LogP contribution < -0.4 is 0 Å². The zero-order chi connectivity index (χ0) is 25.9. The van der Waals surface area contributed by atoms with Crippen molar-refractivity contribution in [3.63, 3.8) is 0 Å². The fourth-order valence-electron chi connectivity index (χ4n) is 5.69. The normalized spacial score (nSPS) is 16.2. The molecule has 0 amide bonds. The molecule has 0 bridgehead atoms. The quantitative estimate of drug-likeness (QED) is 0.288. The smallest absolute Gasteiger partial charge is 0.106 e. The van der Waals surface area contributed by atoms with E-state index in [-0.39, 0.29) is 6.04 Å². The van der Waals surface area contributed by atoms with Gasteiger partial charge in [-0.05, 0) is 51.2 Å². The maximum absolute atomic E-state index is 10.9. The third-order valence-corrected chi connectivity index (χ3v) is 9.34. The first-order chi connectivity index (χ1) is 17.8. The summed E-state index contributed by atoms with van der Waals surface area (Å²) < 4.78 is 10.9. The first-order valence-corrected chi connectivity index (χ1v) is 13.8. The van der Waals surface area contributed by atoms with E-state index in [1.807, 2.05) is 20.2 Å². The zero-order valence-corrected chi connectivity index (χ0v) is 23.0. The van der Waals surface area contributed by atoms with Gasteiger partial charge in [-0.15, -0.1) is 16.4 Å². The van der Waals surface area contributed by atoms with Gasteiger partial charge in [-0.25, -0.2) is 4.68 Å². The maximum atomic E-state index is 10.9. The van der Waals surface area contributed by atoms with Crippen molar-refractivity contribution in [3.05, 3.63) is 63.8 Å². The van der Waals surface area contributed by atoms with Crippen molar-refractivity contribution in [1.82, 2.24) is 24.5 Å². The van der Waals surface area contributed by atoms with E-state index in [2.05, 4.69) is 51.3 Å². The molecule has 0 radical (unpaired) electrons. The molecular formula is C28H30ClN5O2S.